The molecule has 3 N–H and O–H groups in total. The predicted octanol–water partition coefficient (Wildman–Crippen LogP) is 22.6. The third-order valence-electron chi connectivity index (χ3n) is 14.8. The Hall–Kier alpha value is -2.95. The molecule has 0 heterocycles. The van der Waals surface area contributed by atoms with Crippen molar-refractivity contribution >= 4 is 5.91 Å². The molecule has 0 spiro atoms. The summed E-state index contributed by atoms with van der Waals surface area (Å²) in [5, 5.41) is 23.4. The zero-order valence-corrected chi connectivity index (χ0v) is 50.5. The maximum absolute atomic E-state index is 12.5. The van der Waals surface area contributed by atoms with Crippen molar-refractivity contribution in [3.63, 3.8) is 0 Å². The molecule has 0 aromatic carbocycles. The highest BCUT2D eigenvalue weighted by Gasteiger charge is 2.20. The molecule has 0 rings (SSSR count). The summed E-state index contributed by atoms with van der Waals surface area (Å²) in [6.07, 6.45) is 99.7. The lowest BCUT2D eigenvalue weighted by atomic mass is 10.0. The van der Waals surface area contributed by atoms with Crippen LogP contribution >= 0.6 is 0 Å². The van der Waals surface area contributed by atoms with Crippen LogP contribution in [0.15, 0.2) is 109 Å². The molecule has 76 heavy (non-hydrogen) atoms. The smallest absolute Gasteiger partial charge is 0.220 e. The van der Waals surface area contributed by atoms with Crippen LogP contribution in [0.5, 0.6) is 0 Å². The first-order valence-corrected chi connectivity index (χ1v) is 33.1. The molecule has 0 radical (unpaired) electrons. The van der Waals surface area contributed by atoms with E-state index in [4.69, 9.17) is 0 Å². The second kappa shape index (κ2) is 66.3. The molecule has 0 bridgehead atoms. The van der Waals surface area contributed by atoms with Gasteiger partial charge in [-0.15, -0.1) is 0 Å². The standard InChI is InChI=1S/C72H127NO3/c1-3-5-7-9-11-13-15-17-19-21-23-25-27-29-31-33-35-36-38-40-42-44-46-48-50-52-54-56-58-60-62-64-66-68-72(76)73-70(69-74)71(75)67-65-63-61-59-57-55-53-51-49-47-45-43-41-39-37-34-32-30-28-26-24-22-20-18-16-14-12-10-8-6-4-2/h5,7,11,13,17,19,23,25,29,31,35-36,40,42,46,48,52,54,70-71,74-75H,3-4,6,8-10,12,14-16,18,20-22,24,26-28,30,32-34,37-39,41,43-45,47,49-51,53,55-69H2,1-2H3,(H,73,76)/b7-5-,13-11-,19-17-,25-23-,31-29-,36-35-,42-40-,48-46-,54-52-. The summed E-state index contributed by atoms with van der Waals surface area (Å²) >= 11 is 0. The van der Waals surface area contributed by atoms with Crippen LogP contribution in [-0.2, 0) is 4.79 Å². The van der Waals surface area contributed by atoms with E-state index in [2.05, 4.69) is 129 Å². The number of allylic oxidation sites excluding steroid dienone is 18. The molecule has 4 nitrogen and oxygen atoms in total. The Balaban J connectivity index is 3.54. The third-order valence-corrected chi connectivity index (χ3v) is 14.8. The first kappa shape index (κ1) is 73.0. The van der Waals surface area contributed by atoms with Gasteiger partial charge in [0.2, 0.25) is 5.91 Å². The Kier molecular flexibility index (Phi) is 63.8. The molecule has 0 aromatic rings. The molecular formula is C72H127NO3. The van der Waals surface area contributed by atoms with Gasteiger partial charge in [0, 0.05) is 6.42 Å². The van der Waals surface area contributed by atoms with Crippen molar-refractivity contribution in [2.75, 3.05) is 6.61 Å². The fourth-order valence-corrected chi connectivity index (χ4v) is 9.83. The number of amides is 1. The first-order valence-electron chi connectivity index (χ1n) is 33.1. The van der Waals surface area contributed by atoms with E-state index in [1.165, 1.54) is 199 Å². The van der Waals surface area contributed by atoms with Gasteiger partial charge in [0.1, 0.15) is 0 Å². The minimum absolute atomic E-state index is 0.0506. The summed E-state index contributed by atoms with van der Waals surface area (Å²) in [5.74, 6) is -0.0506. The van der Waals surface area contributed by atoms with Crippen LogP contribution in [0.1, 0.15) is 322 Å². The fourth-order valence-electron chi connectivity index (χ4n) is 9.83. The van der Waals surface area contributed by atoms with Crippen molar-refractivity contribution in [2.45, 2.75) is 334 Å². The van der Waals surface area contributed by atoms with E-state index in [-0.39, 0.29) is 12.5 Å². The van der Waals surface area contributed by atoms with Crippen molar-refractivity contribution in [1.29, 1.82) is 0 Å². The van der Waals surface area contributed by atoms with Gasteiger partial charge in [0.25, 0.3) is 0 Å². The predicted molar refractivity (Wildman–Crippen MR) is 340 cm³/mol. The highest BCUT2D eigenvalue weighted by molar-refractivity contribution is 5.76. The van der Waals surface area contributed by atoms with E-state index in [9.17, 15) is 15.0 Å². The van der Waals surface area contributed by atoms with E-state index in [1.54, 1.807) is 0 Å². The number of unbranched alkanes of at least 4 members (excludes halogenated alkanes) is 35. The van der Waals surface area contributed by atoms with Crippen molar-refractivity contribution in [1.82, 2.24) is 5.32 Å². The highest BCUT2D eigenvalue weighted by Crippen LogP contribution is 2.18. The summed E-state index contributed by atoms with van der Waals surface area (Å²) in [6.45, 7) is 4.26. The molecule has 1 amide bonds. The van der Waals surface area contributed by atoms with Crippen LogP contribution < -0.4 is 5.32 Å². The van der Waals surface area contributed by atoms with Crippen molar-refractivity contribution in [2.24, 2.45) is 0 Å². The maximum atomic E-state index is 12.5. The number of carbonyl (C=O) groups is 1. The van der Waals surface area contributed by atoms with Gasteiger partial charge in [-0.25, -0.2) is 0 Å². The highest BCUT2D eigenvalue weighted by atomic mass is 16.3. The maximum Gasteiger partial charge on any atom is 0.220 e. The molecule has 4 heteroatoms. The summed E-state index contributed by atoms with van der Waals surface area (Å²) < 4.78 is 0. The van der Waals surface area contributed by atoms with E-state index in [0.717, 1.165) is 96.3 Å². The fraction of sp³-hybridized carbons (Fsp3) is 0.736. The van der Waals surface area contributed by atoms with Gasteiger partial charge >= 0.3 is 0 Å². The van der Waals surface area contributed by atoms with Gasteiger partial charge in [-0.2, -0.15) is 0 Å². The Morgan fingerprint density at radius 1 is 0.329 bits per heavy atom. The van der Waals surface area contributed by atoms with Crippen LogP contribution in [-0.4, -0.2) is 34.9 Å². The van der Waals surface area contributed by atoms with Gasteiger partial charge in [-0.1, -0.05) is 342 Å². The van der Waals surface area contributed by atoms with E-state index >= 15 is 0 Å². The van der Waals surface area contributed by atoms with Crippen LogP contribution in [0.25, 0.3) is 0 Å². The lowest BCUT2D eigenvalue weighted by Gasteiger charge is -2.22. The van der Waals surface area contributed by atoms with Crippen LogP contribution in [0.2, 0.25) is 0 Å². The lowest BCUT2D eigenvalue weighted by molar-refractivity contribution is -0.123. The average molecular weight is 1050 g/mol. The summed E-state index contributed by atoms with van der Waals surface area (Å²) in [6, 6.07) is -0.557. The molecule has 0 aliphatic rings. The number of nitrogens with one attached hydrogen (secondary N) is 1. The molecule has 438 valence electrons. The van der Waals surface area contributed by atoms with Gasteiger partial charge in [-0.3, -0.25) is 4.79 Å². The quantitative estimate of drug-likeness (QED) is 0.0420. The van der Waals surface area contributed by atoms with Crippen molar-refractivity contribution < 1.29 is 15.0 Å². The summed E-state index contributed by atoms with van der Waals surface area (Å²) in [5.41, 5.74) is 0. The molecule has 2 atom stereocenters. The number of carbonyl (C=O) groups excluding carboxylic acids is 1. The molecular weight excluding hydrogens is 927 g/mol. The molecule has 0 aromatic heterocycles. The third kappa shape index (κ3) is 61.9. The van der Waals surface area contributed by atoms with Crippen molar-refractivity contribution in [3.8, 4) is 0 Å². The van der Waals surface area contributed by atoms with Crippen molar-refractivity contribution in [3.05, 3.63) is 109 Å². The Labute approximate surface area is 474 Å². The number of hydrogen-bond donors (Lipinski definition) is 3. The Morgan fingerprint density at radius 2 is 0.579 bits per heavy atom. The molecule has 0 fully saturated rings. The van der Waals surface area contributed by atoms with E-state index in [0.29, 0.717) is 12.8 Å². The molecule has 0 aliphatic carbocycles. The second-order valence-corrected chi connectivity index (χ2v) is 22.2. The minimum atomic E-state index is -0.678. The topological polar surface area (TPSA) is 69.6 Å². The number of rotatable bonds is 60. The second-order valence-electron chi connectivity index (χ2n) is 22.2. The summed E-state index contributed by atoms with van der Waals surface area (Å²) in [4.78, 5) is 12.5. The summed E-state index contributed by atoms with van der Waals surface area (Å²) in [7, 11) is 0. The van der Waals surface area contributed by atoms with Crippen LogP contribution in [0.4, 0.5) is 0 Å². The van der Waals surface area contributed by atoms with Gasteiger partial charge in [0.05, 0.1) is 18.8 Å². The normalized spacial score (nSPS) is 13.5. The largest absolute Gasteiger partial charge is 0.394 e. The minimum Gasteiger partial charge on any atom is -0.394 e. The van der Waals surface area contributed by atoms with Gasteiger partial charge in [0.15, 0.2) is 0 Å². The number of aliphatic hydroxyl groups excluding tert-OH is 2. The average Bonchev–Trinajstić information content (AvgIpc) is 3.42. The van der Waals surface area contributed by atoms with Gasteiger partial charge < -0.3 is 15.5 Å². The Morgan fingerprint density at radius 3 is 0.868 bits per heavy atom. The van der Waals surface area contributed by atoms with E-state index in [1.807, 2.05) is 0 Å². The molecule has 0 saturated carbocycles. The molecule has 0 aliphatic heterocycles. The molecule has 0 saturated heterocycles. The zero-order valence-electron chi connectivity index (χ0n) is 50.5. The number of aliphatic hydroxyl groups is 2. The Bertz CT molecular complexity index is 1430. The zero-order chi connectivity index (χ0) is 54.8. The van der Waals surface area contributed by atoms with Gasteiger partial charge in [-0.05, 0) is 83.5 Å². The van der Waals surface area contributed by atoms with Crippen LogP contribution in [0, 0.1) is 0 Å². The van der Waals surface area contributed by atoms with E-state index < -0.39 is 12.1 Å². The lowest BCUT2D eigenvalue weighted by Crippen LogP contribution is -2.45. The molecule has 2 unspecified atom stereocenters. The van der Waals surface area contributed by atoms with Crippen LogP contribution in [0.3, 0.4) is 0 Å². The SMILES string of the molecule is CC/C=C\C/C=C\C/C=C\C/C=C\C/C=C\C/C=C\C/C=C\C/C=C\C/C=C\CCCCCCCC(=O)NC(CO)C(O)CCCCCCCCCCCCCCCCCCCCCCCCCCCCCCCCC. The number of hydrogen-bond acceptors (Lipinski definition) is 3. The first-order chi connectivity index (χ1) is 37.7. The monoisotopic (exact) mass is 1050 g/mol.